The first-order valence-electron chi connectivity index (χ1n) is 6.38. The molecule has 1 rings (SSSR count). The van der Waals surface area contributed by atoms with Crippen molar-refractivity contribution in [3.63, 3.8) is 0 Å². The van der Waals surface area contributed by atoms with Gasteiger partial charge in [0.05, 0.1) is 0 Å². The molecule has 1 heterocycles. The Bertz CT molecular complexity index is 489. The second kappa shape index (κ2) is 8.25. The molecule has 1 unspecified atom stereocenters. The first-order valence-corrected chi connectivity index (χ1v) is 7.26. The minimum Gasteiger partial charge on any atom is -0.481 e. The van der Waals surface area contributed by atoms with Crippen molar-refractivity contribution in [1.82, 2.24) is 10.2 Å². The van der Waals surface area contributed by atoms with Crippen LogP contribution in [0.1, 0.15) is 17.7 Å². The molecule has 0 saturated carbocycles. The molecular formula is C13H18N2O5S. The Balaban J connectivity index is 2.43. The van der Waals surface area contributed by atoms with Crippen LogP contribution in [0, 0.1) is 0 Å². The van der Waals surface area contributed by atoms with E-state index in [4.69, 9.17) is 10.2 Å². The van der Waals surface area contributed by atoms with Crippen molar-refractivity contribution >= 4 is 29.3 Å². The largest absolute Gasteiger partial charge is 0.481 e. The molecule has 0 aliphatic rings. The summed E-state index contributed by atoms with van der Waals surface area (Å²) < 4.78 is 0. The Hall–Kier alpha value is -2.09. The molecule has 0 aromatic carbocycles. The number of carboxylic acids is 2. The van der Waals surface area contributed by atoms with Gasteiger partial charge in [-0.1, -0.05) is 6.07 Å². The molecule has 3 N–H and O–H groups in total. The Morgan fingerprint density at radius 3 is 2.62 bits per heavy atom. The van der Waals surface area contributed by atoms with Crippen molar-refractivity contribution in [2.45, 2.75) is 25.3 Å². The Morgan fingerprint density at radius 2 is 2.10 bits per heavy atom. The van der Waals surface area contributed by atoms with Crippen LogP contribution in [0.25, 0.3) is 0 Å². The van der Waals surface area contributed by atoms with Gasteiger partial charge in [-0.15, -0.1) is 11.3 Å². The average molecular weight is 314 g/mol. The Kier molecular flexibility index (Phi) is 6.67. The lowest BCUT2D eigenvalue weighted by molar-refractivity contribution is -0.140. The van der Waals surface area contributed by atoms with Crippen LogP contribution < -0.4 is 5.32 Å². The van der Waals surface area contributed by atoms with Crippen molar-refractivity contribution < 1.29 is 24.6 Å². The molecule has 0 aliphatic carbocycles. The molecule has 7 nitrogen and oxygen atoms in total. The molecule has 0 saturated heterocycles. The van der Waals surface area contributed by atoms with Gasteiger partial charge in [-0.05, 0) is 24.3 Å². The maximum Gasteiger partial charge on any atom is 0.326 e. The van der Waals surface area contributed by atoms with E-state index in [0.29, 0.717) is 13.0 Å². The van der Waals surface area contributed by atoms with Gasteiger partial charge in [0.15, 0.2) is 0 Å². The standard InChI is InChI=1S/C13H18N2O5S/c1-15(7-6-9-3-2-8-21-9)13(20)14-10(12(18)19)4-5-11(16)17/h2-3,8,10H,4-7H2,1H3,(H,14,20)(H,16,17)(H,18,19). The van der Waals surface area contributed by atoms with Crippen molar-refractivity contribution in [3.05, 3.63) is 22.4 Å². The fourth-order valence-corrected chi connectivity index (χ4v) is 2.32. The Morgan fingerprint density at radius 1 is 1.38 bits per heavy atom. The normalized spacial score (nSPS) is 11.7. The van der Waals surface area contributed by atoms with Crippen LogP contribution in [0.2, 0.25) is 0 Å². The van der Waals surface area contributed by atoms with Gasteiger partial charge in [0.1, 0.15) is 6.04 Å². The molecule has 1 aromatic heterocycles. The predicted molar refractivity (Wildman–Crippen MR) is 77.5 cm³/mol. The van der Waals surface area contributed by atoms with Crippen LogP contribution in [-0.4, -0.2) is 52.7 Å². The molecular weight excluding hydrogens is 296 g/mol. The molecule has 0 bridgehead atoms. The quantitative estimate of drug-likeness (QED) is 0.669. The number of thiophene rings is 1. The topological polar surface area (TPSA) is 107 Å². The van der Waals surface area contributed by atoms with Gasteiger partial charge in [0.25, 0.3) is 0 Å². The summed E-state index contributed by atoms with van der Waals surface area (Å²) in [4.78, 5) is 35.8. The number of urea groups is 1. The lowest BCUT2D eigenvalue weighted by Gasteiger charge is -2.21. The first-order chi connectivity index (χ1) is 9.90. The fraction of sp³-hybridized carbons (Fsp3) is 0.462. The van der Waals surface area contributed by atoms with Crippen molar-refractivity contribution in [1.29, 1.82) is 0 Å². The molecule has 21 heavy (non-hydrogen) atoms. The number of hydrogen-bond acceptors (Lipinski definition) is 4. The van der Waals surface area contributed by atoms with E-state index < -0.39 is 24.0 Å². The highest BCUT2D eigenvalue weighted by molar-refractivity contribution is 7.09. The molecule has 0 radical (unpaired) electrons. The first kappa shape index (κ1) is 17.0. The zero-order valence-corrected chi connectivity index (χ0v) is 12.4. The van der Waals surface area contributed by atoms with Gasteiger partial charge in [-0.25, -0.2) is 9.59 Å². The number of nitrogens with one attached hydrogen (secondary N) is 1. The van der Waals surface area contributed by atoms with E-state index in [1.54, 1.807) is 18.4 Å². The summed E-state index contributed by atoms with van der Waals surface area (Å²) in [5.41, 5.74) is 0. The number of aliphatic carboxylic acids is 2. The third-order valence-electron chi connectivity index (χ3n) is 2.86. The van der Waals surface area contributed by atoms with Crippen LogP contribution in [0.5, 0.6) is 0 Å². The van der Waals surface area contributed by atoms with E-state index in [1.807, 2.05) is 17.5 Å². The van der Waals surface area contributed by atoms with E-state index in [-0.39, 0.29) is 12.8 Å². The zero-order valence-electron chi connectivity index (χ0n) is 11.6. The Labute approximate surface area is 126 Å². The minimum absolute atomic E-state index is 0.144. The number of carbonyl (C=O) groups is 3. The van der Waals surface area contributed by atoms with Crippen molar-refractivity contribution in [2.75, 3.05) is 13.6 Å². The SMILES string of the molecule is CN(CCc1cccs1)C(=O)NC(CCC(=O)O)C(=O)O. The molecule has 0 spiro atoms. The number of carbonyl (C=O) groups excluding carboxylic acids is 1. The van der Waals surface area contributed by atoms with Gasteiger partial charge in [-0.3, -0.25) is 4.79 Å². The monoisotopic (exact) mass is 314 g/mol. The molecule has 2 amide bonds. The van der Waals surface area contributed by atoms with Crippen LogP contribution in [0.3, 0.4) is 0 Å². The smallest absolute Gasteiger partial charge is 0.326 e. The molecule has 1 atom stereocenters. The molecule has 116 valence electrons. The van der Waals surface area contributed by atoms with Gasteiger partial charge < -0.3 is 20.4 Å². The lowest BCUT2D eigenvalue weighted by atomic mass is 10.1. The summed E-state index contributed by atoms with van der Waals surface area (Å²) in [6.07, 6.45) is 0.236. The van der Waals surface area contributed by atoms with Gasteiger partial charge in [-0.2, -0.15) is 0 Å². The molecule has 0 aliphatic heterocycles. The average Bonchev–Trinajstić information content (AvgIpc) is 2.93. The number of hydrogen-bond donors (Lipinski definition) is 3. The highest BCUT2D eigenvalue weighted by Gasteiger charge is 2.22. The van der Waals surface area contributed by atoms with E-state index in [0.717, 1.165) is 4.88 Å². The number of rotatable bonds is 8. The summed E-state index contributed by atoms with van der Waals surface area (Å²) in [5, 5.41) is 21.8. The van der Waals surface area contributed by atoms with Gasteiger partial charge >= 0.3 is 18.0 Å². The third kappa shape index (κ3) is 6.26. The van der Waals surface area contributed by atoms with Crippen LogP contribution in [0.4, 0.5) is 4.79 Å². The fourth-order valence-electron chi connectivity index (χ4n) is 1.62. The summed E-state index contributed by atoms with van der Waals surface area (Å²) >= 11 is 1.59. The third-order valence-corrected chi connectivity index (χ3v) is 3.80. The van der Waals surface area contributed by atoms with Gasteiger partial charge in [0, 0.05) is 24.9 Å². The van der Waals surface area contributed by atoms with Crippen molar-refractivity contribution in [3.8, 4) is 0 Å². The molecule has 1 aromatic rings. The summed E-state index contributed by atoms with van der Waals surface area (Å²) in [6, 6.07) is 2.16. The molecule has 0 fully saturated rings. The lowest BCUT2D eigenvalue weighted by Crippen LogP contribution is -2.47. The van der Waals surface area contributed by atoms with Crippen LogP contribution in [-0.2, 0) is 16.0 Å². The maximum absolute atomic E-state index is 11.9. The number of likely N-dealkylation sites (N-methyl/N-ethyl adjacent to an activating group) is 1. The van der Waals surface area contributed by atoms with Crippen LogP contribution >= 0.6 is 11.3 Å². The van der Waals surface area contributed by atoms with E-state index in [1.165, 1.54) is 4.90 Å². The second-order valence-electron chi connectivity index (χ2n) is 4.52. The maximum atomic E-state index is 11.9. The second-order valence-corrected chi connectivity index (χ2v) is 5.56. The highest BCUT2D eigenvalue weighted by atomic mass is 32.1. The van der Waals surface area contributed by atoms with E-state index in [2.05, 4.69) is 5.32 Å². The van der Waals surface area contributed by atoms with Crippen LogP contribution in [0.15, 0.2) is 17.5 Å². The van der Waals surface area contributed by atoms with Crippen molar-refractivity contribution in [2.24, 2.45) is 0 Å². The van der Waals surface area contributed by atoms with E-state index in [9.17, 15) is 14.4 Å². The predicted octanol–water partition coefficient (Wildman–Crippen LogP) is 1.25. The molecule has 8 heteroatoms. The summed E-state index contributed by atoms with van der Waals surface area (Å²) in [6.45, 7) is 0.456. The number of nitrogens with zero attached hydrogens (tertiary/aromatic N) is 1. The van der Waals surface area contributed by atoms with E-state index >= 15 is 0 Å². The number of carboxylic acid groups (broad SMARTS) is 2. The summed E-state index contributed by atoms with van der Waals surface area (Å²) in [7, 11) is 1.57. The highest BCUT2D eigenvalue weighted by Crippen LogP contribution is 2.09. The summed E-state index contributed by atoms with van der Waals surface area (Å²) in [5.74, 6) is -2.34. The van der Waals surface area contributed by atoms with Gasteiger partial charge in [0.2, 0.25) is 0 Å². The zero-order chi connectivity index (χ0) is 15.8. The number of amides is 2. The minimum atomic E-state index is -1.24.